The average molecular weight is 654 g/mol. The minimum absolute atomic E-state index is 0.0340. The summed E-state index contributed by atoms with van der Waals surface area (Å²) in [5.74, 6) is 2.61. The summed E-state index contributed by atoms with van der Waals surface area (Å²) in [4.78, 5) is 28.7. The molecule has 254 valence electrons. The highest BCUT2D eigenvalue weighted by Crippen LogP contribution is 2.41. The van der Waals surface area contributed by atoms with Crippen LogP contribution in [0, 0.1) is 11.8 Å². The predicted octanol–water partition coefficient (Wildman–Crippen LogP) is 5.50. The molecule has 0 atom stereocenters. The summed E-state index contributed by atoms with van der Waals surface area (Å²) in [6, 6.07) is 11.5. The number of alkyl halides is 3. The minimum atomic E-state index is -4.53. The van der Waals surface area contributed by atoms with Gasteiger partial charge in [-0.05, 0) is 75.2 Å². The van der Waals surface area contributed by atoms with Gasteiger partial charge in [-0.1, -0.05) is 37.3 Å². The van der Waals surface area contributed by atoms with Gasteiger partial charge in [-0.25, -0.2) is 0 Å². The number of nitrogens with zero attached hydrogens (tertiary/aromatic N) is 6. The van der Waals surface area contributed by atoms with E-state index in [1.165, 1.54) is 17.7 Å². The van der Waals surface area contributed by atoms with Crippen LogP contribution < -0.4 is 10.2 Å². The Morgan fingerprint density at radius 3 is 2.34 bits per heavy atom. The number of benzene rings is 2. The second-order valence-corrected chi connectivity index (χ2v) is 12.9. The first-order valence-corrected chi connectivity index (χ1v) is 16.0. The number of para-hydroxylation sites is 1. The van der Waals surface area contributed by atoms with Crippen molar-refractivity contribution in [1.29, 1.82) is 0 Å². The number of amides is 2. The molecule has 1 saturated carbocycles. The third-order valence-electron chi connectivity index (χ3n) is 8.60. The SMILES string of the molecule is C/C=C/CN(C)C.CC1CC(c2nncn2C)C1.O=CNCC1CN(Cc2cc3c(c(C(F)(F)F)c2)CN(c2ccccc2)C3=O)C1. The van der Waals surface area contributed by atoms with E-state index in [-0.39, 0.29) is 17.7 Å². The van der Waals surface area contributed by atoms with E-state index < -0.39 is 17.6 Å². The van der Waals surface area contributed by atoms with Crippen LogP contribution in [-0.4, -0.2) is 77.2 Å². The number of likely N-dealkylation sites (N-methyl/N-ethyl adjacent to an activating group) is 1. The van der Waals surface area contributed by atoms with Crippen LogP contribution in [0.4, 0.5) is 18.9 Å². The maximum atomic E-state index is 13.7. The van der Waals surface area contributed by atoms with Crippen LogP contribution in [0.2, 0.25) is 0 Å². The van der Waals surface area contributed by atoms with Gasteiger partial charge in [0.2, 0.25) is 6.41 Å². The van der Waals surface area contributed by atoms with Crippen molar-refractivity contribution in [3.05, 3.63) is 89.0 Å². The van der Waals surface area contributed by atoms with Crippen molar-refractivity contribution in [2.75, 3.05) is 45.2 Å². The fourth-order valence-electron chi connectivity index (χ4n) is 6.13. The third kappa shape index (κ3) is 9.51. The number of aryl methyl sites for hydroxylation is 1. The smallest absolute Gasteiger partial charge is 0.358 e. The normalized spacial score (nSPS) is 19.3. The minimum Gasteiger partial charge on any atom is -0.358 e. The van der Waals surface area contributed by atoms with E-state index in [1.54, 1.807) is 42.7 Å². The second-order valence-electron chi connectivity index (χ2n) is 12.9. The van der Waals surface area contributed by atoms with Crippen LogP contribution in [0.1, 0.15) is 65.5 Å². The van der Waals surface area contributed by atoms with Gasteiger partial charge in [0, 0.05) is 62.9 Å². The first kappa shape index (κ1) is 35.8. The summed E-state index contributed by atoms with van der Waals surface area (Å²) in [7, 11) is 6.12. The van der Waals surface area contributed by atoms with Crippen molar-refractivity contribution in [1.82, 2.24) is 29.9 Å². The highest BCUT2D eigenvalue weighted by Gasteiger charge is 2.41. The van der Waals surface area contributed by atoms with E-state index >= 15 is 0 Å². The summed E-state index contributed by atoms with van der Waals surface area (Å²) in [5.41, 5.74) is 0.472. The van der Waals surface area contributed by atoms with Gasteiger partial charge in [-0.3, -0.25) is 14.5 Å². The molecule has 2 aliphatic heterocycles. The van der Waals surface area contributed by atoms with Crippen molar-refractivity contribution in [2.45, 2.75) is 51.9 Å². The first-order chi connectivity index (χ1) is 22.4. The molecule has 1 saturated heterocycles. The zero-order chi connectivity index (χ0) is 34.1. The van der Waals surface area contributed by atoms with Crippen molar-refractivity contribution in [3.8, 4) is 0 Å². The van der Waals surface area contributed by atoms with Crippen LogP contribution in [0.25, 0.3) is 0 Å². The Bertz CT molecular complexity index is 1490. The number of fused-ring (bicyclic) bond motifs is 1. The molecule has 1 N–H and O–H groups in total. The number of anilines is 1. The molecule has 1 aliphatic carbocycles. The Morgan fingerprint density at radius 2 is 1.81 bits per heavy atom. The Balaban J connectivity index is 0.000000226. The molecule has 0 bridgehead atoms. The first-order valence-electron chi connectivity index (χ1n) is 16.0. The fourth-order valence-corrected chi connectivity index (χ4v) is 6.13. The Morgan fingerprint density at radius 1 is 1.11 bits per heavy atom. The highest BCUT2D eigenvalue weighted by molar-refractivity contribution is 6.10. The Hall–Kier alpha value is -4.03. The molecule has 2 amide bonds. The van der Waals surface area contributed by atoms with Gasteiger partial charge in [-0.15, -0.1) is 10.2 Å². The quantitative estimate of drug-likeness (QED) is 0.243. The van der Waals surface area contributed by atoms with Gasteiger partial charge >= 0.3 is 6.18 Å². The van der Waals surface area contributed by atoms with Gasteiger partial charge in [0.1, 0.15) is 12.2 Å². The van der Waals surface area contributed by atoms with Crippen molar-refractivity contribution in [2.24, 2.45) is 18.9 Å². The lowest BCUT2D eigenvalue weighted by atomic mass is 9.76. The van der Waals surface area contributed by atoms with Crippen molar-refractivity contribution in [3.63, 3.8) is 0 Å². The monoisotopic (exact) mass is 653 g/mol. The van der Waals surface area contributed by atoms with Crippen LogP contribution in [0.3, 0.4) is 0 Å². The molecule has 6 rings (SSSR count). The van der Waals surface area contributed by atoms with E-state index in [9.17, 15) is 22.8 Å². The lowest BCUT2D eigenvalue weighted by Gasteiger charge is -2.39. The Kier molecular flexibility index (Phi) is 12.3. The maximum absolute atomic E-state index is 13.7. The molecule has 3 aliphatic rings. The topological polar surface area (TPSA) is 86.6 Å². The molecule has 2 aromatic carbocycles. The Labute approximate surface area is 275 Å². The summed E-state index contributed by atoms with van der Waals surface area (Å²) >= 11 is 0. The van der Waals surface area contributed by atoms with Crippen molar-refractivity contribution >= 4 is 18.0 Å². The largest absolute Gasteiger partial charge is 0.416 e. The summed E-state index contributed by atoms with van der Waals surface area (Å²) in [5, 5.41) is 10.6. The number of carbonyl (C=O) groups excluding carboxylic acids is 2. The molecule has 1 aromatic heterocycles. The summed E-state index contributed by atoms with van der Waals surface area (Å²) in [6.45, 7) is 7.57. The molecule has 2 fully saturated rings. The number of likely N-dealkylation sites (tertiary alicyclic amines) is 1. The van der Waals surface area contributed by atoms with E-state index in [1.807, 2.05) is 23.4 Å². The molecule has 3 aromatic rings. The van der Waals surface area contributed by atoms with Gasteiger partial charge in [0.25, 0.3) is 5.91 Å². The van der Waals surface area contributed by atoms with Gasteiger partial charge in [-0.2, -0.15) is 13.2 Å². The molecular weight excluding hydrogens is 607 g/mol. The molecular formula is C35H46F3N7O2. The number of rotatable bonds is 9. The van der Waals surface area contributed by atoms with E-state index in [4.69, 9.17) is 0 Å². The second kappa shape index (κ2) is 16.2. The van der Waals surface area contributed by atoms with E-state index in [0.29, 0.717) is 55.7 Å². The van der Waals surface area contributed by atoms with E-state index in [0.717, 1.165) is 24.4 Å². The van der Waals surface area contributed by atoms with Gasteiger partial charge < -0.3 is 19.7 Å². The number of aromatic nitrogens is 3. The predicted molar refractivity (Wildman–Crippen MR) is 177 cm³/mol. The van der Waals surface area contributed by atoms with Crippen LogP contribution >= 0.6 is 0 Å². The molecule has 0 unspecified atom stereocenters. The number of halogens is 3. The van der Waals surface area contributed by atoms with E-state index in [2.05, 4.69) is 53.6 Å². The zero-order valence-electron chi connectivity index (χ0n) is 27.9. The fraction of sp³-hybridized carbons (Fsp3) is 0.486. The van der Waals surface area contributed by atoms with Crippen LogP contribution in [-0.2, 0) is 31.1 Å². The summed E-state index contributed by atoms with van der Waals surface area (Å²) < 4.78 is 43.2. The zero-order valence-corrected chi connectivity index (χ0v) is 27.9. The van der Waals surface area contributed by atoms with Crippen LogP contribution in [0.15, 0.2) is 60.9 Å². The highest BCUT2D eigenvalue weighted by atomic mass is 19.4. The lowest BCUT2D eigenvalue weighted by molar-refractivity contribution is -0.138. The van der Waals surface area contributed by atoms with Crippen LogP contribution in [0.5, 0.6) is 0 Å². The molecule has 12 heteroatoms. The number of hydrogen-bond acceptors (Lipinski definition) is 6. The standard InChI is InChI=1S/C21H20F3N3O2.C8H13N3.C6H13N/c22-21(23,24)19-7-14(9-26-10-15(11-26)8-25-13-28)6-17-18(19)12-27(20(17)29)16-4-2-1-3-5-16;1-6-3-7(4-6)8-10-9-5-11(8)2;1-4-5-6-7(2)3/h1-7,13,15H,8-12H2,(H,25,28);5-7H,3-4H2,1-2H3;4-5H,6H2,1-3H3/b;;5-4+. The molecule has 3 heterocycles. The number of hydrogen-bond donors (Lipinski definition) is 1. The van der Waals surface area contributed by atoms with Gasteiger partial charge in [0.15, 0.2) is 0 Å². The number of nitrogens with one attached hydrogen (secondary N) is 1. The molecule has 0 spiro atoms. The third-order valence-corrected chi connectivity index (χ3v) is 8.60. The average Bonchev–Trinajstić information content (AvgIpc) is 3.58. The van der Waals surface area contributed by atoms with Gasteiger partial charge in [0.05, 0.1) is 12.1 Å². The molecule has 47 heavy (non-hydrogen) atoms. The number of carbonyl (C=O) groups is 2. The maximum Gasteiger partial charge on any atom is 0.416 e. The van der Waals surface area contributed by atoms with Crippen molar-refractivity contribution < 1.29 is 22.8 Å². The molecule has 9 nitrogen and oxygen atoms in total. The lowest BCUT2D eigenvalue weighted by Crippen LogP contribution is -2.49. The number of allylic oxidation sites excluding steroid dienone is 1. The molecule has 0 radical (unpaired) electrons. The summed E-state index contributed by atoms with van der Waals surface area (Å²) in [6.07, 6.45) is 4.64.